The Morgan fingerprint density at radius 1 is 1.19 bits per heavy atom. The first-order valence-corrected chi connectivity index (χ1v) is 7.13. The fourth-order valence-electron chi connectivity index (χ4n) is 1.58. The molecule has 0 heterocycles. The van der Waals surface area contributed by atoms with Gasteiger partial charge in [0.25, 0.3) is 11.6 Å². The third kappa shape index (κ3) is 3.72. The number of rotatable bonds is 3. The van der Waals surface area contributed by atoms with Crippen LogP contribution in [0.15, 0.2) is 40.9 Å². The van der Waals surface area contributed by atoms with Gasteiger partial charge in [-0.3, -0.25) is 14.9 Å². The van der Waals surface area contributed by atoms with E-state index in [4.69, 9.17) is 23.2 Å². The maximum atomic E-state index is 12.2. The number of halogens is 3. The van der Waals surface area contributed by atoms with E-state index in [0.717, 1.165) is 0 Å². The van der Waals surface area contributed by atoms with Crippen LogP contribution in [-0.2, 0) is 0 Å². The number of nitrogens with zero attached hydrogens (tertiary/aromatic N) is 1. The highest BCUT2D eigenvalue weighted by molar-refractivity contribution is 9.10. The lowest BCUT2D eigenvalue weighted by molar-refractivity contribution is -0.384. The summed E-state index contributed by atoms with van der Waals surface area (Å²) in [5.41, 5.74) is 0.324. The predicted octanol–water partition coefficient (Wildman–Crippen LogP) is 4.92. The second kappa shape index (κ2) is 6.43. The highest BCUT2D eigenvalue weighted by atomic mass is 79.9. The van der Waals surface area contributed by atoms with Crippen LogP contribution in [0.4, 0.5) is 11.4 Å². The van der Waals surface area contributed by atoms with Crippen molar-refractivity contribution in [2.45, 2.75) is 0 Å². The summed E-state index contributed by atoms with van der Waals surface area (Å²) < 4.78 is 0.440. The molecule has 0 radical (unpaired) electrons. The lowest BCUT2D eigenvalue weighted by Gasteiger charge is -2.08. The van der Waals surface area contributed by atoms with Crippen LogP contribution >= 0.6 is 39.1 Å². The van der Waals surface area contributed by atoms with E-state index < -0.39 is 10.8 Å². The van der Waals surface area contributed by atoms with E-state index in [2.05, 4.69) is 21.2 Å². The Bertz CT molecular complexity index is 737. The summed E-state index contributed by atoms with van der Waals surface area (Å²) in [7, 11) is 0. The van der Waals surface area contributed by atoms with Crippen molar-refractivity contribution < 1.29 is 9.72 Å². The number of anilines is 1. The lowest BCUT2D eigenvalue weighted by Crippen LogP contribution is -2.13. The van der Waals surface area contributed by atoms with Crippen LogP contribution in [0.5, 0.6) is 0 Å². The van der Waals surface area contributed by atoms with Crippen LogP contribution in [0, 0.1) is 10.1 Å². The average molecular weight is 390 g/mol. The van der Waals surface area contributed by atoms with Crippen molar-refractivity contribution in [3.8, 4) is 0 Å². The number of hydrogen-bond donors (Lipinski definition) is 1. The van der Waals surface area contributed by atoms with Gasteiger partial charge >= 0.3 is 0 Å². The number of benzene rings is 2. The van der Waals surface area contributed by atoms with Gasteiger partial charge in [0.2, 0.25) is 0 Å². The van der Waals surface area contributed by atoms with E-state index in [0.29, 0.717) is 15.2 Å². The molecule has 0 spiro atoms. The first-order valence-electron chi connectivity index (χ1n) is 5.59. The van der Waals surface area contributed by atoms with Crippen LogP contribution in [0.2, 0.25) is 10.0 Å². The Labute approximate surface area is 138 Å². The third-order valence-corrected chi connectivity index (χ3v) is 3.82. The van der Waals surface area contributed by atoms with Gasteiger partial charge in [-0.05, 0) is 40.2 Å². The fourth-order valence-corrected chi connectivity index (χ4v) is 2.46. The predicted molar refractivity (Wildman–Crippen MR) is 85.2 cm³/mol. The molecule has 0 aromatic heterocycles. The van der Waals surface area contributed by atoms with Gasteiger partial charge in [-0.2, -0.15) is 0 Å². The molecule has 0 aliphatic carbocycles. The Hall–Kier alpha value is -1.63. The molecule has 8 heteroatoms. The molecule has 0 bridgehead atoms. The van der Waals surface area contributed by atoms with E-state index in [1.54, 1.807) is 12.1 Å². The van der Waals surface area contributed by atoms with E-state index in [-0.39, 0.29) is 16.3 Å². The number of nitrogens with one attached hydrogen (secondary N) is 1. The zero-order valence-electron chi connectivity index (χ0n) is 10.3. The normalized spacial score (nSPS) is 10.2. The van der Waals surface area contributed by atoms with Gasteiger partial charge in [0.05, 0.1) is 21.2 Å². The molecule has 0 unspecified atom stereocenters. The van der Waals surface area contributed by atoms with Gasteiger partial charge in [-0.15, -0.1) is 0 Å². The standard InChI is InChI=1S/C13H7BrCl2N2O3/c14-10-3-2-8(18(20)21)6-9(10)13(19)17-12-4-1-7(15)5-11(12)16/h1-6H,(H,17,19). The molecular weight excluding hydrogens is 383 g/mol. The first kappa shape index (κ1) is 15.8. The number of carbonyl (C=O) groups excluding carboxylic acids is 1. The zero-order chi connectivity index (χ0) is 15.6. The minimum atomic E-state index is -0.571. The molecule has 108 valence electrons. The number of hydrogen-bond acceptors (Lipinski definition) is 3. The van der Waals surface area contributed by atoms with Gasteiger partial charge in [-0.1, -0.05) is 23.2 Å². The number of carbonyl (C=O) groups is 1. The molecule has 21 heavy (non-hydrogen) atoms. The van der Waals surface area contributed by atoms with Gasteiger partial charge in [0, 0.05) is 21.6 Å². The zero-order valence-corrected chi connectivity index (χ0v) is 13.4. The quantitative estimate of drug-likeness (QED) is 0.598. The molecule has 0 saturated carbocycles. The van der Waals surface area contributed by atoms with Crippen LogP contribution < -0.4 is 5.32 Å². The molecule has 5 nitrogen and oxygen atoms in total. The summed E-state index contributed by atoms with van der Waals surface area (Å²) in [6.45, 7) is 0. The number of non-ortho nitro benzene ring substituents is 1. The summed E-state index contributed by atoms with van der Waals surface area (Å²) in [5.74, 6) is -0.519. The van der Waals surface area contributed by atoms with Gasteiger partial charge in [-0.25, -0.2) is 0 Å². The molecule has 0 aliphatic heterocycles. The minimum absolute atomic E-state index is 0.134. The molecule has 0 atom stereocenters. The smallest absolute Gasteiger partial charge is 0.270 e. The van der Waals surface area contributed by atoms with E-state index >= 15 is 0 Å². The topological polar surface area (TPSA) is 72.2 Å². The van der Waals surface area contributed by atoms with Crippen LogP contribution in [-0.4, -0.2) is 10.8 Å². The van der Waals surface area contributed by atoms with Crippen LogP contribution in [0.3, 0.4) is 0 Å². The summed E-state index contributed by atoms with van der Waals surface area (Å²) in [6, 6.07) is 8.54. The lowest BCUT2D eigenvalue weighted by atomic mass is 10.2. The summed E-state index contributed by atoms with van der Waals surface area (Å²) in [6.07, 6.45) is 0. The molecule has 2 aromatic rings. The second-order valence-electron chi connectivity index (χ2n) is 4.00. The van der Waals surface area contributed by atoms with Crippen LogP contribution in [0.1, 0.15) is 10.4 Å². The SMILES string of the molecule is O=C(Nc1ccc(Cl)cc1Cl)c1cc([N+](=O)[O-])ccc1Br. The molecule has 0 fully saturated rings. The van der Waals surface area contributed by atoms with E-state index in [1.807, 2.05) is 0 Å². The summed E-state index contributed by atoms with van der Waals surface area (Å²) in [4.78, 5) is 22.4. The van der Waals surface area contributed by atoms with Crippen molar-refractivity contribution in [1.82, 2.24) is 0 Å². The number of amides is 1. The highest BCUT2D eigenvalue weighted by Crippen LogP contribution is 2.28. The number of nitro groups is 1. The largest absolute Gasteiger partial charge is 0.321 e. The Balaban J connectivity index is 2.32. The van der Waals surface area contributed by atoms with E-state index in [9.17, 15) is 14.9 Å². The molecule has 1 amide bonds. The van der Waals surface area contributed by atoms with Crippen molar-refractivity contribution in [3.63, 3.8) is 0 Å². The van der Waals surface area contributed by atoms with Crippen molar-refractivity contribution in [3.05, 3.63) is 66.6 Å². The average Bonchev–Trinajstić information content (AvgIpc) is 2.42. The van der Waals surface area contributed by atoms with Crippen molar-refractivity contribution >= 4 is 56.4 Å². The molecular formula is C13H7BrCl2N2O3. The van der Waals surface area contributed by atoms with Crippen molar-refractivity contribution in [2.75, 3.05) is 5.32 Å². The monoisotopic (exact) mass is 388 g/mol. The molecule has 2 rings (SSSR count). The Kier molecular flexibility index (Phi) is 4.82. The Morgan fingerprint density at radius 3 is 2.52 bits per heavy atom. The van der Waals surface area contributed by atoms with Gasteiger partial charge in [0.15, 0.2) is 0 Å². The van der Waals surface area contributed by atoms with Crippen molar-refractivity contribution in [1.29, 1.82) is 0 Å². The molecule has 0 aliphatic rings. The van der Waals surface area contributed by atoms with Gasteiger partial charge in [0.1, 0.15) is 0 Å². The van der Waals surface area contributed by atoms with E-state index in [1.165, 1.54) is 24.3 Å². The first-order chi connectivity index (χ1) is 9.88. The third-order valence-electron chi connectivity index (χ3n) is 2.58. The Morgan fingerprint density at radius 2 is 1.90 bits per heavy atom. The summed E-state index contributed by atoms with van der Waals surface area (Å²) in [5, 5.41) is 14.1. The fraction of sp³-hybridized carbons (Fsp3) is 0. The maximum absolute atomic E-state index is 12.2. The molecule has 0 saturated heterocycles. The van der Waals surface area contributed by atoms with Crippen molar-refractivity contribution in [2.24, 2.45) is 0 Å². The second-order valence-corrected chi connectivity index (χ2v) is 5.70. The van der Waals surface area contributed by atoms with Crippen LogP contribution in [0.25, 0.3) is 0 Å². The van der Waals surface area contributed by atoms with Gasteiger partial charge < -0.3 is 5.32 Å². The maximum Gasteiger partial charge on any atom is 0.270 e. The highest BCUT2D eigenvalue weighted by Gasteiger charge is 2.16. The summed E-state index contributed by atoms with van der Waals surface area (Å²) >= 11 is 14.9. The molecule has 1 N–H and O–H groups in total. The number of nitro benzene ring substituents is 1. The minimum Gasteiger partial charge on any atom is -0.321 e. The molecule has 2 aromatic carbocycles.